The zero-order chi connectivity index (χ0) is 13.5. The molecule has 1 rings (SSSR count). The number of rotatable bonds is 7. The van der Waals surface area contributed by atoms with Crippen molar-refractivity contribution < 1.29 is 9.84 Å². The molecule has 0 amide bonds. The summed E-state index contributed by atoms with van der Waals surface area (Å²) in [5.41, 5.74) is 1.20. The van der Waals surface area contributed by atoms with E-state index in [4.69, 9.17) is 4.74 Å². The zero-order valence-electron chi connectivity index (χ0n) is 11.8. The van der Waals surface area contributed by atoms with E-state index in [1.165, 1.54) is 5.56 Å². The molecule has 0 fully saturated rings. The van der Waals surface area contributed by atoms with E-state index in [9.17, 15) is 5.11 Å². The predicted octanol–water partition coefficient (Wildman–Crippen LogP) is 2.75. The minimum absolute atomic E-state index is 0.235. The third-order valence-corrected chi connectivity index (χ3v) is 2.68. The Morgan fingerprint density at radius 1 is 1.11 bits per heavy atom. The summed E-state index contributed by atoms with van der Waals surface area (Å²) >= 11 is 0. The fraction of sp³-hybridized carbons (Fsp3) is 0.600. The standard InChI is InChI=1S/C15H25NO2/c1-11(2)10-18-15-7-5-14(6-8-15)13(4)16-9-12(3)17/h5-8,11-13,16-17H,9-10H2,1-4H3. The highest BCUT2D eigenvalue weighted by Crippen LogP contribution is 2.18. The molecule has 0 aliphatic heterocycles. The van der Waals surface area contributed by atoms with Gasteiger partial charge in [0.05, 0.1) is 12.7 Å². The van der Waals surface area contributed by atoms with Gasteiger partial charge in [0.2, 0.25) is 0 Å². The van der Waals surface area contributed by atoms with Crippen LogP contribution < -0.4 is 10.1 Å². The van der Waals surface area contributed by atoms with Crippen molar-refractivity contribution in [3.63, 3.8) is 0 Å². The van der Waals surface area contributed by atoms with Crippen LogP contribution in [0.3, 0.4) is 0 Å². The Labute approximate surface area is 110 Å². The lowest BCUT2D eigenvalue weighted by Crippen LogP contribution is -2.27. The molecule has 0 aliphatic rings. The van der Waals surface area contributed by atoms with Gasteiger partial charge in [-0.2, -0.15) is 0 Å². The average molecular weight is 251 g/mol. The molecule has 0 heterocycles. The number of hydrogen-bond acceptors (Lipinski definition) is 3. The number of ether oxygens (including phenoxy) is 1. The number of hydrogen-bond donors (Lipinski definition) is 2. The molecule has 3 nitrogen and oxygen atoms in total. The Morgan fingerprint density at radius 3 is 2.22 bits per heavy atom. The van der Waals surface area contributed by atoms with Crippen LogP contribution in [0, 0.1) is 5.92 Å². The van der Waals surface area contributed by atoms with E-state index in [-0.39, 0.29) is 12.1 Å². The van der Waals surface area contributed by atoms with Crippen LogP contribution in [0.25, 0.3) is 0 Å². The molecular weight excluding hydrogens is 226 g/mol. The van der Waals surface area contributed by atoms with Crippen molar-refractivity contribution in [2.75, 3.05) is 13.2 Å². The first kappa shape index (κ1) is 15.0. The molecule has 1 aromatic rings. The average Bonchev–Trinajstić information content (AvgIpc) is 2.34. The second-order valence-electron chi connectivity index (χ2n) is 5.25. The maximum absolute atomic E-state index is 9.23. The quantitative estimate of drug-likeness (QED) is 0.783. The summed E-state index contributed by atoms with van der Waals surface area (Å²) < 4.78 is 5.64. The van der Waals surface area contributed by atoms with E-state index < -0.39 is 0 Å². The molecule has 2 atom stereocenters. The van der Waals surface area contributed by atoms with Crippen molar-refractivity contribution in [2.24, 2.45) is 5.92 Å². The molecule has 0 aliphatic carbocycles. The highest BCUT2D eigenvalue weighted by molar-refractivity contribution is 5.28. The van der Waals surface area contributed by atoms with Crippen LogP contribution in [0.15, 0.2) is 24.3 Å². The lowest BCUT2D eigenvalue weighted by atomic mass is 10.1. The van der Waals surface area contributed by atoms with Gasteiger partial charge in [-0.25, -0.2) is 0 Å². The maximum Gasteiger partial charge on any atom is 0.119 e. The molecular formula is C15H25NO2. The smallest absolute Gasteiger partial charge is 0.119 e. The van der Waals surface area contributed by atoms with Crippen molar-refractivity contribution in [3.8, 4) is 5.75 Å². The molecule has 1 aromatic carbocycles. The molecule has 102 valence electrons. The van der Waals surface area contributed by atoms with Gasteiger partial charge in [0.25, 0.3) is 0 Å². The van der Waals surface area contributed by atoms with Gasteiger partial charge < -0.3 is 15.2 Å². The second-order valence-corrected chi connectivity index (χ2v) is 5.25. The molecule has 2 N–H and O–H groups in total. The van der Waals surface area contributed by atoms with Crippen molar-refractivity contribution in [3.05, 3.63) is 29.8 Å². The van der Waals surface area contributed by atoms with Gasteiger partial charge in [-0.05, 0) is 37.5 Å². The van der Waals surface area contributed by atoms with Gasteiger partial charge in [0.1, 0.15) is 5.75 Å². The van der Waals surface area contributed by atoms with E-state index in [1.54, 1.807) is 6.92 Å². The topological polar surface area (TPSA) is 41.5 Å². The van der Waals surface area contributed by atoms with E-state index in [0.29, 0.717) is 12.5 Å². The van der Waals surface area contributed by atoms with Gasteiger partial charge in [-0.3, -0.25) is 0 Å². The summed E-state index contributed by atoms with van der Waals surface area (Å²) in [5.74, 6) is 1.45. The Hall–Kier alpha value is -1.06. The van der Waals surface area contributed by atoms with Crippen LogP contribution in [0.2, 0.25) is 0 Å². The van der Waals surface area contributed by atoms with Gasteiger partial charge in [-0.1, -0.05) is 26.0 Å². The lowest BCUT2D eigenvalue weighted by Gasteiger charge is -2.16. The summed E-state index contributed by atoms with van der Waals surface area (Å²) in [6.07, 6.45) is -0.318. The van der Waals surface area contributed by atoms with E-state index >= 15 is 0 Å². The fourth-order valence-corrected chi connectivity index (χ4v) is 1.58. The molecule has 2 unspecified atom stereocenters. The Balaban J connectivity index is 2.48. The molecule has 0 bridgehead atoms. The number of aliphatic hydroxyl groups excluding tert-OH is 1. The highest BCUT2D eigenvalue weighted by atomic mass is 16.5. The molecule has 0 aromatic heterocycles. The minimum atomic E-state index is -0.318. The molecule has 3 heteroatoms. The molecule has 0 spiro atoms. The lowest BCUT2D eigenvalue weighted by molar-refractivity contribution is 0.187. The Bertz CT molecular complexity index is 333. The third-order valence-electron chi connectivity index (χ3n) is 2.68. The molecule has 18 heavy (non-hydrogen) atoms. The zero-order valence-corrected chi connectivity index (χ0v) is 11.8. The molecule has 0 saturated heterocycles. The number of nitrogens with one attached hydrogen (secondary N) is 1. The maximum atomic E-state index is 9.23. The van der Waals surface area contributed by atoms with Crippen LogP contribution in [0.5, 0.6) is 5.75 Å². The first-order chi connectivity index (χ1) is 8.49. The first-order valence-electron chi connectivity index (χ1n) is 6.63. The summed E-state index contributed by atoms with van der Waals surface area (Å²) in [5, 5.41) is 12.5. The van der Waals surface area contributed by atoms with Crippen molar-refractivity contribution in [2.45, 2.75) is 39.8 Å². The normalized spacial score (nSPS) is 14.6. The largest absolute Gasteiger partial charge is 0.493 e. The number of benzene rings is 1. The Morgan fingerprint density at radius 2 is 1.72 bits per heavy atom. The second kappa shape index (κ2) is 7.39. The van der Waals surface area contributed by atoms with Crippen LogP contribution in [-0.4, -0.2) is 24.4 Å². The third kappa shape index (κ3) is 5.52. The van der Waals surface area contributed by atoms with Crippen molar-refractivity contribution in [1.82, 2.24) is 5.32 Å². The van der Waals surface area contributed by atoms with Crippen molar-refractivity contribution in [1.29, 1.82) is 0 Å². The van der Waals surface area contributed by atoms with E-state index in [1.807, 2.05) is 12.1 Å². The molecule has 0 saturated carbocycles. The van der Waals surface area contributed by atoms with Crippen LogP contribution in [0.4, 0.5) is 0 Å². The summed E-state index contributed by atoms with van der Waals surface area (Å²) in [6, 6.07) is 8.36. The van der Waals surface area contributed by atoms with E-state index in [0.717, 1.165) is 12.4 Å². The fourth-order valence-electron chi connectivity index (χ4n) is 1.58. The Kier molecular flexibility index (Phi) is 6.16. The van der Waals surface area contributed by atoms with Gasteiger partial charge in [0.15, 0.2) is 0 Å². The summed E-state index contributed by atoms with van der Waals surface area (Å²) in [7, 11) is 0. The van der Waals surface area contributed by atoms with Gasteiger partial charge in [0, 0.05) is 12.6 Å². The van der Waals surface area contributed by atoms with Crippen LogP contribution >= 0.6 is 0 Å². The van der Waals surface area contributed by atoms with Gasteiger partial charge in [-0.15, -0.1) is 0 Å². The van der Waals surface area contributed by atoms with E-state index in [2.05, 4.69) is 38.2 Å². The predicted molar refractivity (Wildman–Crippen MR) is 74.9 cm³/mol. The molecule has 0 radical (unpaired) electrons. The van der Waals surface area contributed by atoms with Crippen LogP contribution in [0.1, 0.15) is 39.3 Å². The van der Waals surface area contributed by atoms with Crippen LogP contribution in [-0.2, 0) is 0 Å². The first-order valence-corrected chi connectivity index (χ1v) is 6.63. The monoisotopic (exact) mass is 251 g/mol. The van der Waals surface area contributed by atoms with Crippen molar-refractivity contribution >= 4 is 0 Å². The summed E-state index contributed by atoms with van der Waals surface area (Å²) in [4.78, 5) is 0. The highest BCUT2D eigenvalue weighted by Gasteiger charge is 2.06. The SMILES string of the molecule is CC(C)COc1ccc(C(C)NCC(C)O)cc1. The minimum Gasteiger partial charge on any atom is -0.493 e. The number of aliphatic hydroxyl groups is 1. The van der Waals surface area contributed by atoms with Gasteiger partial charge >= 0.3 is 0 Å². The summed E-state index contributed by atoms with van der Waals surface area (Å²) in [6.45, 7) is 9.49.